The molecule has 0 spiro atoms. The van der Waals surface area contributed by atoms with E-state index < -0.39 is 5.97 Å². The molecule has 1 amide bonds. The zero-order valence-electron chi connectivity index (χ0n) is 16.1. The van der Waals surface area contributed by atoms with Crippen LogP contribution >= 0.6 is 0 Å². The molecule has 1 aromatic heterocycles. The fraction of sp³-hybridized carbons (Fsp3) is 0.429. The summed E-state index contributed by atoms with van der Waals surface area (Å²) in [6.07, 6.45) is 2.04. The van der Waals surface area contributed by atoms with Gasteiger partial charge >= 0.3 is 5.97 Å². The molecule has 0 saturated carbocycles. The van der Waals surface area contributed by atoms with E-state index in [0.29, 0.717) is 12.1 Å². The summed E-state index contributed by atoms with van der Waals surface area (Å²) in [4.78, 5) is 24.3. The highest BCUT2D eigenvalue weighted by Crippen LogP contribution is 2.22. The van der Waals surface area contributed by atoms with Crippen molar-refractivity contribution in [2.45, 2.75) is 39.7 Å². The van der Waals surface area contributed by atoms with Crippen LogP contribution in [-0.2, 0) is 14.3 Å². The number of nitrogens with one attached hydrogen (secondary N) is 1. The summed E-state index contributed by atoms with van der Waals surface area (Å²) in [5.74, 6) is -0.806. The summed E-state index contributed by atoms with van der Waals surface area (Å²) in [6, 6.07) is 9.89. The first-order chi connectivity index (χ1) is 13.0. The summed E-state index contributed by atoms with van der Waals surface area (Å²) < 4.78 is 12.7. The maximum absolute atomic E-state index is 12.4. The molecule has 1 aliphatic heterocycles. The first-order valence-corrected chi connectivity index (χ1v) is 9.27. The third-order valence-electron chi connectivity index (χ3n) is 4.83. The van der Waals surface area contributed by atoms with Crippen LogP contribution in [0.2, 0.25) is 0 Å². The molecule has 0 radical (unpaired) electrons. The van der Waals surface area contributed by atoms with Crippen LogP contribution in [0.25, 0.3) is 5.69 Å². The van der Waals surface area contributed by atoms with Crippen molar-refractivity contribution < 1.29 is 19.1 Å². The number of aryl methyl sites for hydroxylation is 2. The third-order valence-corrected chi connectivity index (χ3v) is 4.83. The number of hydrogen-bond acceptors (Lipinski definition) is 4. The van der Waals surface area contributed by atoms with E-state index in [1.54, 1.807) is 6.07 Å². The zero-order chi connectivity index (χ0) is 19.4. The monoisotopic (exact) mass is 370 g/mol. The molecule has 2 heterocycles. The van der Waals surface area contributed by atoms with Crippen molar-refractivity contribution in [3.05, 3.63) is 52.8 Å². The Morgan fingerprint density at radius 3 is 2.63 bits per heavy atom. The van der Waals surface area contributed by atoms with Crippen LogP contribution in [0, 0.1) is 20.8 Å². The highest BCUT2D eigenvalue weighted by molar-refractivity contribution is 5.93. The lowest BCUT2D eigenvalue weighted by Gasteiger charge is -2.11. The molecule has 144 valence electrons. The number of rotatable bonds is 6. The van der Waals surface area contributed by atoms with E-state index in [2.05, 4.69) is 5.32 Å². The minimum Gasteiger partial charge on any atom is -0.452 e. The second-order valence-corrected chi connectivity index (χ2v) is 6.97. The smallest absolute Gasteiger partial charge is 0.340 e. The predicted octanol–water partition coefficient (Wildman–Crippen LogP) is 2.85. The van der Waals surface area contributed by atoms with Crippen LogP contribution in [0.1, 0.15) is 40.2 Å². The molecule has 1 fully saturated rings. The van der Waals surface area contributed by atoms with Crippen molar-refractivity contribution >= 4 is 11.9 Å². The van der Waals surface area contributed by atoms with Crippen LogP contribution < -0.4 is 5.32 Å². The van der Waals surface area contributed by atoms with Gasteiger partial charge in [-0.3, -0.25) is 4.79 Å². The van der Waals surface area contributed by atoms with Crippen LogP contribution in [0.4, 0.5) is 0 Å². The van der Waals surface area contributed by atoms with Crippen molar-refractivity contribution in [3.63, 3.8) is 0 Å². The minimum absolute atomic E-state index is 0.0677. The van der Waals surface area contributed by atoms with Crippen LogP contribution in [0.3, 0.4) is 0 Å². The fourth-order valence-corrected chi connectivity index (χ4v) is 3.35. The van der Waals surface area contributed by atoms with E-state index in [-0.39, 0.29) is 18.6 Å². The first kappa shape index (κ1) is 19.2. The Morgan fingerprint density at radius 1 is 1.22 bits per heavy atom. The molecule has 0 unspecified atom stereocenters. The lowest BCUT2D eigenvalue weighted by atomic mass is 10.2. The summed E-state index contributed by atoms with van der Waals surface area (Å²) in [6.45, 7) is 6.76. The number of aromatic nitrogens is 1. The molecule has 0 aliphatic carbocycles. The van der Waals surface area contributed by atoms with Crippen molar-refractivity contribution in [2.75, 3.05) is 19.8 Å². The predicted molar refractivity (Wildman–Crippen MR) is 102 cm³/mol. The molecule has 1 N–H and O–H groups in total. The molecular formula is C21H26N2O4. The van der Waals surface area contributed by atoms with Crippen LogP contribution in [-0.4, -0.2) is 42.3 Å². The Bertz CT molecular complexity index is 817. The van der Waals surface area contributed by atoms with E-state index in [4.69, 9.17) is 9.47 Å². The largest absolute Gasteiger partial charge is 0.452 e. The average Bonchev–Trinajstić information content (AvgIpc) is 3.27. The summed E-state index contributed by atoms with van der Waals surface area (Å²) in [7, 11) is 0. The van der Waals surface area contributed by atoms with E-state index in [9.17, 15) is 9.59 Å². The Balaban J connectivity index is 1.60. The summed E-state index contributed by atoms with van der Waals surface area (Å²) >= 11 is 0. The van der Waals surface area contributed by atoms with Gasteiger partial charge in [-0.15, -0.1) is 0 Å². The molecular weight excluding hydrogens is 344 g/mol. The fourth-order valence-electron chi connectivity index (χ4n) is 3.35. The molecule has 1 atom stereocenters. The number of hydrogen-bond donors (Lipinski definition) is 1. The lowest BCUT2D eigenvalue weighted by Crippen LogP contribution is -2.34. The standard InChI is InChI=1S/C21H26N2O4/c1-14-6-8-17(9-7-14)23-15(2)11-19(16(23)3)21(25)27-13-20(24)22-12-18-5-4-10-26-18/h6-9,11,18H,4-5,10,12-13H2,1-3H3,(H,22,24)/t18-/m0/s1. The normalized spacial score (nSPS) is 16.3. The van der Waals surface area contributed by atoms with Gasteiger partial charge in [-0.1, -0.05) is 17.7 Å². The number of ether oxygens (including phenoxy) is 2. The van der Waals surface area contributed by atoms with Gasteiger partial charge in [0.15, 0.2) is 6.61 Å². The van der Waals surface area contributed by atoms with Gasteiger partial charge in [0.05, 0.1) is 11.7 Å². The number of carbonyl (C=O) groups is 2. The summed E-state index contributed by atoms with van der Waals surface area (Å²) in [5.41, 5.74) is 4.37. The molecule has 6 nitrogen and oxygen atoms in total. The van der Waals surface area contributed by atoms with Crippen molar-refractivity contribution in [2.24, 2.45) is 0 Å². The van der Waals surface area contributed by atoms with Gasteiger partial charge < -0.3 is 19.4 Å². The van der Waals surface area contributed by atoms with Gasteiger partial charge in [-0.2, -0.15) is 0 Å². The number of benzene rings is 1. The Kier molecular flexibility index (Phi) is 5.96. The average molecular weight is 370 g/mol. The molecule has 3 rings (SSSR count). The second kappa shape index (κ2) is 8.39. The Morgan fingerprint density at radius 2 is 1.96 bits per heavy atom. The maximum atomic E-state index is 12.4. The molecule has 1 saturated heterocycles. The number of esters is 1. The Hall–Kier alpha value is -2.60. The number of carbonyl (C=O) groups excluding carboxylic acids is 2. The van der Waals surface area contributed by atoms with E-state index in [0.717, 1.165) is 36.5 Å². The highest BCUT2D eigenvalue weighted by atomic mass is 16.5. The molecule has 2 aromatic rings. The van der Waals surface area contributed by atoms with Crippen molar-refractivity contribution in [1.82, 2.24) is 9.88 Å². The van der Waals surface area contributed by atoms with E-state index in [1.165, 1.54) is 5.56 Å². The first-order valence-electron chi connectivity index (χ1n) is 9.27. The molecule has 1 aliphatic rings. The second-order valence-electron chi connectivity index (χ2n) is 6.97. The van der Waals surface area contributed by atoms with Crippen molar-refractivity contribution in [3.8, 4) is 5.69 Å². The van der Waals surface area contributed by atoms with Crippen molar-refractivity contribution in [1.29, 1.82) is 0 Å². The molecule has 27 heavy (non-hydrogen) atoms. The van der Waals surface area contributed by atoms with Gasteiger partial charge in [-0.05, 0) is 51.8 Å². The van der Waals surface area contributed by atoms with Gasteiger partial charge in [0.2, 0.25) is 0 Å². The van der Waals surface area contributed by atoms with Gasteiger partial charge in [0, 0.05) is 30.2 Å². The van der Waals surface area contributed by atoms with Gasteiger partial charge in [0.1, 0.15) is 0 Å². The summed E-state index contributed by atoms with van der Waals surface area (Å²) in [5, 5.41) is 2.75. The van der Waals surface area contributed by atoms with E-state index >= 15 is 0 Å². The zero-order valence-corrected chi connectivity index (χ0v) is 16.1. The van der Waals surface area contributed by atoms with E-state index in [1.807, 2.05) is 49.6 Å². The number of amides is 1. The van der Waals surface area contributed by atoms with Crippen LogP contribution in [0.5, 0.6) is 0 Å². The number of nitrogens with zero attached hydrogens (tertiary/aromatic N) is 1. The minimum atomic E-state index is -0.492. The third kappa shape index (κ3) is 4.57. The molecule has 1 aromatic carbocycles. The highest BCUT2D eigenvalue weighted by Gasteiger charge is 2.20. The SMILES string of the molecule is Cc1ccc(-n2c(C)cc(C(=O)OCC(=O)NC[C@@H]3CCCO3)c2C)cc1. The lowest BCUT2D eigenvalue weighted by molar-refractivity contribution is -0.124. The van der Waals surface area contributed by atoms with Gasteiger partial charge in [-0.25, -0.2) is 4.79 Å². The molecule has 6 heteroatoms. The van der Waals surface area contributed by atoms with Crippen LogP contribution in [0.15, 0.2) is 30.3 Å². The quantitative estimate of drug-likeness (QED) is 0.794. The molecule has 0 bridgehead atoms. The van der Waals surface area contributed by atoms with Gasteiger partial charge in [0.25, 0.3) is 5.91 Å². The maximum Gasteiger partial charge on any atom is 0.340 e. The Labute approximate surface area is 159 Å². The topological polar surface area (TPSA) is 69.6 Å².